The Balaban J connectivity index is 1.68. The second-order valence-electron chi connectivity index (χ2n) is 10.8. The number of aliphatic carboxylic acids is 1. The number of nitriles is 1. The number of carbonyl (C=O) groups excluding carboxylic acids is 1. The molecule has 1 N–H and O–H groups in total. The van der Waals surface area contributed by atoms with Gasteiger partial charge in [0.15, 0.2) is 0 Å². The molecule has 0 saturated carbocycles. The number of rotatable bonds is 7. The van der Waals surface area contributed by atoms with Crippen LogP contribution < -0.4 is 4.74 Å². The van der Waals surface area contributed by atoms with Crippen molar-refractivity contribution in [3.8, 4) is 32.8 Å². The number of carboxylic acid groups (broad SMARTS) is 1. The molecule has 9 heteroatoms. The second-order valence-corrected chi connectivity index (χ2v) is 11.9. The lowest BCUT2D eigenvalue weighted by molar-refractivity contribution is -0.143. The first-order valence-corrected chi connectivity index (χ1v) is 13.7. The highest BCUT2D eigenvalue weighted by molar-refractivity contribution is 7.18. The molecule has 39 heavy (non-hydrogen) atoms. The van der Waals surface area contributed by atoms with Crippen LogP contribution in [-0.2, 0) is 16.0 Å². The SMILES string of the molecule is CC(C)Oc1ccc(-c2ncc(-c3cccc4c3CCC4N(C(=O)OC(C)(C)C)[C@H](C)C(=O)O)s2)cc1C#N. The molecule has 3 aromatic rings. The van der Waals surface area contributed by atoms with Gasteiger partial charge in [-0.3, -0.25) is 4.90 Å². The van der Waals surface area contributed by atoms with E-state index in [1.54, 1.807) is 32.9 Å². The maximum Gasteiger partial charge on any atom is 0.411 e. The van der Waals surface area contributed by atoms with Crippen molar-refractivity contribution in [2.75, 3.05) is 0 Å². The van der Waals surface area contributed by atoms with Crippen LogP contribution in [-0.4, -0.2) is 44.8 Å². The predicted molar refractivity (Wildman–Crippen MR) is 150 cm³/mol. The molecule has 204 valence electrons. The van der Waals surface area contributed by atoms with Crippen molar-refractivity contribution >= 4 is 23.4 Å². The lowest BCUT2D eigenvalue weighted by Crippen LogP contribution is -2.47. The number of hydrogen-bond acceptors (Lipinski definition) is 7. The Kier molecular flexibility index (Phi) is 7.98. The fourth-order valence-electron chi connectivity index (χ4n) is 4.78. The number of benzene rings is 2. The molecule has 0 aliphatic heterocycles. The maximum absolute atomic E-state index is 13.2. The summed E-state index contributed by atoms with van der Waals surface area (Å²) in [6.45, 7) is 10.6. The van der Waals surface area contributed by atoms with Crippen molar-refractivity contribution < 1.29 is 24.2 Å². The fourth-order valence-corrected chi connectivity index (χ4v) is 5.75. The Bertz CT molecular complexity index is 1430. The van der Waals surface area contributed by atoms with Crippen LogP contribution in [0, 0.1) is 11.3 Å². The zero-order chi connectivity index (χ0) is 28.5. The van der Waals surface area contributed by atoms with Crippen molar-refractivity contribution in [3.05, 3.63) is 59.3 Å². The van der Waals surface area contributed by atoms with Crippen LogP contribution in [0.15, 0.2) is 42.6 Å². The molecule has 2 atom stereocenters. The Hall–Kier alpha value is -3.90. The van der Waals surface area contributed by atoms with E-state index >= 15 is 0 Å². The van der Waals surface area contributed by atoms with E-state index in [4.69, 9.17) is 9.47 Å². The van der Waals surface area contributed by atoms with Gasteiger partial charge in [0.1, 0.15) is 28.5 Å². The summed E-state index contributed by atoms with van der Waals surface area (Å²) in [5.41, 5.74) is 3.53. The van der Waals surface area contributed by atoms with Gasteiger partial charge in [0.2, 0.25) is 0 Å². The zero-order valence-electron chi connectivity index (χ0n) is 23.0. The van der Waals surface area contributed by atoms with E-state index in [1.807, 2.05) is 44.3 Å². The van der Waals surface area contributed by atoms with Gasteiger partial charge in [-0.1, -0.05) is 18.2 Å². The normalized spacial score (nSPS) is 15.4. The Morgan fingerprint density at radius 3 is 2.59 bits per heavy atom. The molecule has 1 aromatic heterocycles. The number of aromatic nitrogens is 1. The van der Waals surface area contributed by atoms with Crippen molar-refractivity contribution in [1.29, 1.82) is 5.26 Å². The molecule has 8 nitrogen and oxygen atoms in total. The lowest BCUT2D eigenvalue weighted by Gasteiger charge is -2.34. The van der Waals surface area contributed by atoms with Crippen LogP contribution in [0.4, 0.5) is 4.79 Å². The van der Waals surface area contributed by atoms with Crippen molar-refractivity contribution in [1.82, 2.24) is 9.88 Å². The first-order valence-electron chi connectivity index (χ1n) is 12.9. The Labute approximate surface area is 232 Å². The molecular weight excluding hydrogens is 514 g/mol. The van der Waals surface area contributed by atoms with Crippen LogP contribution in [0.3, 0.4) is 0 Å². The van der Waals surface area contributed by atoms with E-state index in [1.165, 1.54) is 23.2 Å². The number of ether oxygens (including phenoxy) is 2. The van der Waals surface area contributed by atoms with Gasteiger partial charge in [-0.25, -0.2) is 14.6 Å². The van der Waals surface area contributed by atoms with E-state index in [2.05, 4.69) is 11.1 Å². The number of hydrogen-bond donors (Lipinski definition) is 1. The lowest BCUT2D eigenvalue weighted by atomic mass is 10.0. The number of nitrogens with zero attached hydrogens (tertiary/aromatic N) is 3. The van der Waals surface area contributed by atoms with Gasteiger partial charge < -0.3 is 14.6 Å². The van der Waals surface area contributed by atoms with Gasteiger partial charge >= 0.3 is 12.1 Å². The largest absolute Gasteiger partial charge is 0.490 e. The Morgan fingerprint density at radius 1 is 1.21 bits per heavy atom. The first kappa shape index (κ1) is 28.1. The van der Waals surface area contributed by atoms with Crippen LogP contribution in [0.2, 0.25) is 0 Å². The summed E-state index contributed by atoms with van der Waals surface area (Å²) in [6.07, 6.45) is 2.42. The smallest absolute Gasteiger partial charge is 0.411 e. The van der Waals surface area contributed by atoms with Crippen molar-refractivity contribution in [3.63, 3.8) is 0 Å². The molecule has 2 aromatic carbocycles. The molecule has 1 aliphatic carbocycles. The van der Waals surface area contributed by atoms with Gasteiger partial charge in [0, 0.05) is 11.8 Å². The fraction of sp³-hybridized carbons (Fsp3) is 0.400. The van der Waals surface area contributed by atoms with E-state index in [0.717, 1.165) is 32.1 Å². The quantitative estimate of drug-likeness (QED) is 0.345. The number of thiazole rings is 1. The number of carboxylic acids is 1. The molecule has 0 bridgehead atoms. The van der Waals surface area contributed by atoms with Gasteiger partial charge in [-0.15, -0.1) is 11.3 Å². The van der Waals surface area contributed by atoms with Crippen LogP contribution in [0.5, 0.6) is 5.75 Å². The summed E-state index contributed by atoms with van der Waals surface area (Å²) in [7, 11) is 0. The third-order valence-electron chi connectivity index (χ3n) is 6.43. The van der Waals surface area contributed by atoms with Crippen molar-refractivity contribution in [2.24, 2.45) is 0 Å². The minimum absolute atomic E-state index is 0.0388. The number of fused-ring (bicyclic) bond motifs is 1. The summed E-state index contributed by atoms with van der Waals surface area (Å²) in [5, 5.41) is 20.2. The molecule has 1 heterocycles. The monoisotopic (exact) mass is 547 g/mol. The minimum atomic E-state index is -1.08. The third-order valence-corrected chi connectivity index (χ3v) is 7.51. The van der Waals surface area contributed by atoms with E-state index in [9.17, 15) is 20.0 Å². The van der Waals surface area contributed by atoms with E-state index in [0.29, 0.717) is 24.2 Å². The Morgan fingerprint density at radius 2 is 1.95 bits per heavy atom. The van der Waals surface area contributed by atoms with Gasteiger partial charge in [0.25, 0.3) is 0 Å². The van der Waals surface area contributed by atoms with Crippen LogP contribution in [0.1, 0.15) is 70.7 Å². The maximum atomic E-state index is 13.2. The summed E-state index contributed by atoms with van der Waals surface area (Å²) >= 11 is 1.52. The first-order chi connectivity index (χ1) is 18.4. The van der Waals surface area contributed by atoms with Crippen LogP contribution >= 0.6 is 11.3 Å². The molecular formula is C30H33N3O5S. The highest BCUT2D eigenvalue weighted by Gasteiger charge is 2.39. The highest BCUT2D eigenvalue weighted by atomic mass is 32.1. The average Bonchev–Trinajstić information content (AvgIpc) is 3.51. The van der Waals surface area contributed by atoms with E-state index < -0.39 is 29.7 Å². The summed E-state index contributed by atoms with van der Waals surface area (Å²) in [4.78, 5) is 32.0. The van der Waals surface area contributed by atoms with Gasteiger partial charge in [-0.05, 0) is 89.3 Å². The summed E-state index contributed by atoms with van der Waals surface area (Å²) in [6, 6.07) is 12.1. The molecule has 0 radical (unpaired) electrons. The molecule has 0 spiro atoms. The molecule has 1 aliphatic rings. The molecule has 1 unspecified atom stereocenters. The number of amides is 1. The molecule has 1 amide bonds. The molecule has 0 saturated heterocycles. The standard InChI is InChI=1S/C30H33N3O5S/c1-17(2)37-25-13-10-19(14-20(25)15-31)27-32-16-26(39-27)23-9-7-8-22-21(23)11-12-24(22)33(18(3)28(34)35)29(36)38-30(4,5)6/h7-10,13-14,16-18,24H,11-12H2,1-6H3,(H,34,35)/t18-,24?/m1/s1. The summed E-state index contributed by atoms with van der Waals surface area (Å²) in [5.74, 6) is -0.538. The number of carbonyl (C=O) groups is 2. The minimum Gasteiger partial charge on any atom is -0.490 e. The molecule has 4 rings (SSSR count). The average molecular weight is 548 g/mol. The zero-order valence-corrected chi connectivity index (χ0v) is 23.8. The van der Waals surface area contributed by atoms with Gasteiger partial charge in [0.05, 0.1) is 22.6 Å². The second kappa shape index (κ2) is 11.1. The highest BCUT2D eigenvalue weighted by Crippen LogP contribution is 2.44. The van der Waals surface area contributed by atoms with E-state index in [-0.39, 0.29) is 6.10 Å². The summed E-state index contributed by atoms with van der Waals surface area (Å²) < 4.78 is 11.3. The van der Waals surface area contributed by atoms with Crippen molar-refractivity contribution in [2.45, 2.75) is 78.2 Å². The van der Waals surface area contributed by atoms with Crippen LogP contribution in [0.25, 0.3) is 21.0 Å². The third kappa shape index (κ3) is 6.07. The topological polar surface area (TPSA) is 113 Å². The van der Waals surface area contributed by atoms with Gasteiger partial charge in [-0.2, -0.15) is 5.26 Å². The predicted octanol–water partition coefficient (Wildman–Crippen LogP) is 6.83. The molecule has 0 fully saturated rings.